The molecule has 1 aliphatic rings. The van der Waals surface area contributed by atoms with Gasteiger partial charge >= 0.3 is 0 Å². The number of aromatic nitrogens is 3. The monoisotopic (exact) mass is 369 g/mol. The van der Waals surface area contributed by atoms with E-state index < -0.39 is 0 Å². The molecule has 144 valence electrons. The highest BCUT2D eigenvalue weighted by atomic mass is 16.2. The van der Waals surface area contributed by atoms with E-state index in [1.54, 1.807) is 26.5 Å². The first-order valence-corrected chi connectivity index (χ1v) is 9.42. The molecule has 2 aromatic rings. The summed E-state index contributed by atoms with van der Waals surface area (Å²) in [6, 6.07) is 4.00. The number of nitrogens with zero attached hydrogens (tertiary/aromatic N) is 5. The number of carbonyl (C=O) groups excluding carboxylic acids is 2. The Labute approximate surface area is 160 Å². The van der Waals surface area contributed by atoms with Crippen LogP contribution in [0.3, 0.4) is 0 Å². The van der Waals surface area contributed by atoms with Crippen molar-refractivity contribution < 1.29 is 9.59 Å². The average Bonchev–Trinajstić information content (AvgIpc) is 3.14. The van der Waals surface area contributed by atoms with Crippen LogP contribution < -0.4 is 0 Å². The van der Waals surface area contributed by atoms with Crippen LogP contribution in [-0.2, 0) is 16.1 Å². The summed E-state index contributed by atoms with van der Waals surface area (Å²) in [7, 11) is 3.43. The quantitative estimate of drug-likeness (QED) is 0.780. The zero-order valence-corrected chi connectivity index (χ0v) is 16.0. The fourth-order valence-corrected chi connectivity index (χ4v) is 3.51. The molecule has 0 spiro atoms. The van der Waals surface area contributed by atoms with Crippen LogP contribution in [0.15, 0.2) is 36.9 Å². The minimum atomic E-state index is -0.00944. The number of pyridine rings is 1. The number of hydrogen-bond acceptors (Lipinski definition) is 4. The zero-order chi connectivity index (χ0) is 19.2. The van der Waals surface area contributed by atoms with Crippen LogP contribution in [0.1, 0.15) is 43.0 Å². The number of imidazole rings is 1. The molecule has 0 saturated carbocycles. The summed E-state index contributed by atoms with van der Waals surface area (Å²) in [4.78, 5) is 36.3. The van der Waals surface area contributed by atoms with E-state index in [4.69, 9.17) is 0 Å². The molecule has 27 heavy (non-hydrogen) atoms. The topological polar surface area (TPSA) is 71.3 Å². The molecule has 0 unspecified atom stereocenters. The second kappa shape index (κ2) is 8.79. The Hall–Kier alpha value is -2.70. The molecule has 1 fully saturated rings. The first-order chi connectivity index (χ1) is 13.0. The molecule has 2 amide bonds. The number of rotatable bonds is 6. The van der Waals surface area contributed by atoms with Crippen LogP contribution in [0, 0.1) is 0 Å². The Morgan fingerprint density at radius 3 is 2.70 bits per heavy atom. The van der Waals surface area contributed by atoms with Crippen LogP contribution in [0.25, 0.3) is 0 Å². The highest BCUT2D eigenvalue weighted by Crippen LogP contribution is 2.26. The molecule has 2 aromatic heterocycles. The lowest BCUT2D eigenvalue weighted by molar-refractivity contribution is -0.136. The summed E-state index contributed by atoms with van der Waals surface area (Å²) in [6.45, 7) is 2.18. The second-order valence-electron chi connectivity index (χ2n) is 7.24. The first kappa shape index (κ1) is 19.1. The lowest BCUT2D eigenvalue weighted by atomic mass is 9.96. The number of piperidine rings is 1. The fourth-order valence-electron chi connectivity index (χ4n) is 3.51. The number of hydrogen-bond donors (Lipinski definition) is 0. The van der Waals surface area contributed by atoms with E-state index in [0.29, 0.717) is 6.54 Å². The minimum absolute atomic E-state index is 0.00944. The van der Waals surface area contributed by atoms with Gasteiger partial charge in [0, 0.05) is 77.3 Å². The van der Waals surface area contributed by atoms with Crippen molar-refractivity contribution in [2.75, 3.05) is 27.2 Å². The van der Waals surface area contributed by atoms with Gasteiger partial charge in [-0.2, -0.15) is 0 Å². The third-order valence-electron chi connectivity index (χ3n) is 5.04. The maximum Gasteiger partial charge on any atom is 0.223 e. The number of amides is 2. The Bertz CT molecular complexity index is 772. The highest BCUT2D eigenvalue weighted by Gasteiger charge is 2.27. The molecule has 0 aliphatic carbocycles. The van der Waals surface area contributed by atoms with Crippen molar-refractivity contribution in [3.05, 3.63) is 48.3 Å². The van der Waals surface area contributed by atoms with Gasteiger partial charge in [-0.15, -0.1) is 0 Å². The van der Waals surface area contributed by atoms with Crippen LogP contribution >= 0.6 is 0 Å². The highest BCUT2D eigenvalue weighted by molar-refractivity contribution is 5.83. The van der Waals surface area contributed by atoms with E-state index in [0.717, 1.165) is 31.8 Å². The standard InChI is InChI=1S/C20H27N5O2/c1-23(2)18(26)5-6-19(27)24-12-3-4-17(15-24)20-22-11-13-25(20)14-16-7-9-21-10-8-16/h7-11,13,17H,3-6,12,14-15H2,1-2H3/t17-/m0/s1. The van der Waals surface area contributed by atoms with Gasteiger partial charge in [0.1, 0.15) is 5.82 Å². The normalized spacial score (nSPS) is 17.0. The van der Waals surface area contributed by atoms with E-state index in [2.05, 4.69) is 14.5 Å². The van der Waals surface area contributed by atoms with E-state index in [9.17, 15) is 9.59 Å². The van der Waals surface area contributed by atoms with Gasteiger partial charge in [0.25, 0.3) is 0 Å². The van der Waals surface area contributed by atoms with E-state index >= 15 is 0 Å². The predicted molar refractivity (Wildman–Crippen MR) is 102 cm³/mol. The average molecular weight is 369 g/mol. The van der Waals surface area contributed by atoms with Crippen molar-refractivity contribution in [3.8, 4) is 0 Å². The largest absolute Gasteiger partial charge is 0.349 e. The Balaban J connectivity index is 1.62. The third kappa shape index (κ3) is 4.93. The fraction of sp³-hybridized carbons (Fsp3) is 0.500. The summed E-state index contributed by atoms with van der Waals surface area (Å²) >= 11 is 0. The lowest BCUT2D eigenvalue weighted by Gasteiger charge is -2.33. The second-order valence-corrected chi connectivity index (χ2v) is 7.24. The van der Waals surface area contributed by atoms with Gasteiger partial charge in [-0.25, -0.2) is 4.98 Å². The third-order valence-corrected chi connectivity index (χ3v) is 5.04. The molecule has 3 heterocycles. The minimum Gasteiger partial charge on any atom is -0.349 e. The van der Waals surface area contributed by atoms with Crippen molar-refractivity contribution in [2.24, 2.45) is 0 Å². The molecule has 1 saturated heterocycles. The molecule has 0 radical (unpaired) electrons. The van der Waals surface area contributed by atoms with Crippen molar-refractivity contribution in [2.45, 2.75) is 38.1 Å². The molecular weight excluding hydrogens is 342 g/mol. The SMILES string of the molecule is CN(C)C(=O)CCC(=O)N1CCC[C@H](c2nccn2Cc2ccncc2)C1. The van der Waals surface area contributed by atoms with E-state index in [-0.39, 0.29) is 30.6 Å². The molecular formula is C20H27N5O2. The summed E-state index contributed by atoms with van der Waals surface area (Å²) < 4.78 is 2.16. The number of carbonyl (C=O) groups is 2. The molecule has 7 heteroatoms. The van der Waals surface area contributed by atoms with Crippen molar-refractivity contribution in [3.63, 3.8) is 0 Å². The number of likely N-dealkylation sites (tertiary alicyclic amines) is 1. The van der Waals surface area contributed by atoms with Gasteiger partial charge in [-0.3, -0.25) is 14.6 Å². The maximum absolute atomic E-state index is 12.5. The van der Waals surface area contributed by atoms with Gasteiger partial charge in [0.15, 0.2) is 0 Å². The van der Waals surface area contributed by atoms with E-state index in [1.807, 2.05) is 29.4 Å². The molecule has 3 rings (SSSR count). The smallest absolute Gasteiger partial charge is 0.223 e. The van der Waals surface area contributed by atoms with Crippen LogP contribution in [0.2, 0.25) is 0 Å². The molecule has 1 aliphatic heterocycles. The molecule has 7 nitrogen and oxygen atoms in total. The van der Waals surface area contributed by atoms with Gasteiger partial charge in [-0.05, 0) is 30.5 Å². The molecule has 0 aromatic carbocycles. The molecule has 1 atom stereocenters. The Kier molecular flexibility index (Phi) is 6.21. The van der Waals surface area contributed by atoms with Crippen molar-refractivity contribution in [1.82, 2.24) is 24.3 Å². The Morgan fingerprint density at radius 1 is 1.19 bits per heavy atom. The Morgan fingerprint density at radius 2 is 1.96 bits per heavy atom. The zero-order valence-electron chi connectivity index (χ0n) is 16.0. The molecule has 0 N–H and O–H groups in total. The maximum atomic E-state index is 12.5. The summed E-state index contributed by atoms with van der Waals surface area (Å²) in [6.07, 6.45) is 9.93. The summed E-state index contributed by atoms with van der Waals surface area (Å²) in [5, 5.41) is 0. The van der Waals surface area contributed by atoms with Gasteiger partial charge in [0.2, 0.25) is 11.8 Å². The van der Waals surface area contributed by atoms with E-state index in [1.165, 1.54) is 10.5 Å². The van der Waals surface area contributed by atoms with Crippen molar-refractivity contribution >= 4 is 11.8 Å². The van der Waals surface area contributed by atoms with Crippen LogP contribution in [0.5, 0.6) is 0 Å². The van der Waals surface area contributed by atoms with Gasteiger partial charge in [0.05, 0.1) is 0 Å². The lowest BCUT2D eigenvalue weighted by Crippen LogP contribution is -2.40. The summed E-state index contributed by atoms with van der Waals surface area (Å²) in [5.74, 6) is 1.30. The predicted octanol–water partition coefficient (Wildman–Crippen LogP) is 1.90. The summed E-state index contributed by atoms with van der Waals surface area (Å²) in [5.41, 5.74) is 1.18. The molecule has 0 bridgehead atoms. The van der Waals surface area contributed by atoms with Gasteiger partial charge < -0.3 is 14.4 Å². The first-order valence-electron chi connectivity index (χ1n) is 9.42. The van der Waals surface area contributed by atoms with Gasteiger partial charge in [-0.1, -0.05) is 0 Å². The van der Waals surface area contributed by atoms with Crippen LogP contribution in [-0.4, -0.2) is 63.3 Å². The van der Waals surface area contributed by atoms with Crippen molar-refractivity contribution in [1.29, 1.82) is 0 Å². The van der Waals surface area contributed by atoms with Crippen LogP contribution in [0.4, 0.5) is 0 Å².